The minimum Gasteiger partial charge on any atom is -0.255 e. The SMILES string of the molecule is CN1C(=O)NNNC1=O. The van der Waals surface area contributed by atoms with Crippen LogP contribution in [0.3, 0.4) is 0 Å². The number of nitrogens with zero attached hydrogens (tertiary/aromatic N) is 1. The molecule has 1 heterocycles. The van der Waals surface area contributed by atoms with Crippen molar-refractivity contribution in [3.63, 3.8) is 0 Å². The Kier molecular flexibility index (Phi) is 1.23. The van der Waals surface area contributed by atoms with Crippen LogP contribution in [0.2, 0.25) is 0 Å². The Morgan fingerprint density at radius 3 is 2.00 bits per heavy atom. The Morgan fingerprint density at radius 1 is 1.22 bits per heavy atom. The van der Waals surface area contributed by atoms with Crippen molar-refractivity contribution in [2.75, 3.05) is 7.05 Å². The van der Waals surface area contributed by atoms with Gasteiger partial charge in [-0.25, -0.2) is 14.5 Å². The van der Waals surface area contributed by atoms with Crippen molar-refractivity contribution < 1.29 is 9.59 Å². The number of hydrazine groups is 2. The third kappa shape index (κ3) is 0.918. The van der Waals surface area contributed by atoms with Crippen LogP contribution in [0.1, 0.15) is 0 Å². The Labute approximate surface area is 51.1 Å². The normalized spacial score (nSPS) is 19.0. The zero-order valence-corrected chi connectivity index (χ0v) is 4.76. The highest BCUT2D eigenvalue weighted by molar-refractivity contribution is 5.94. The predicted octanol–water partition coefficient (Wildman–Crippen LogP) is -1.23. The second kappa shape index (κ2) is 1.90. The first-order valence-electron chi connectivity index (χ1n) is 2.30. The molecule has 6 heteroatoms. The van der Waals surface area contributed by atoms with Crippen LogP contribution in [0.15, 0.2) is 0 Å². The maximum absolute atomic E-state index is 10.5. The third-order valence-corrected chi connectivity index (χ3v) is 0.948. The lowest BCUT2D eigenvalue weighted by atomic mass is 10.7. The Bertz CT molecular complexity index is 140. The third-order valence-electron chi connectivity index (χ3n) is 0.948. The van der Waals surface area contributed by atoms with Crippen molar-refractivity contribution in [2.24, 2.45) is 0 Å². The molecule has 0 bridgehead atoms. The van der Waals surface area contributed by atoms with E-state index in [0.717, 1.165) is 4.90 Å². The summed E-state index contributed by atoms with van der Waals surface area (Å²) in [5, 5.41) is 0. The quantitative estimate of drug-likeness (QED) is 0.384. The molecule has 1 aliphatic rings. The lowest BCUT2D eigenvalue weighted by molar-refractivity contribution is 0.171. The summed E-state index contributed by atoms with van der Waals surface area (Å²) in [6.45, 7) is 0. The molecule has 0 saturated carbocycles. The molecule has 0 aliphatic carbocycles. The molecule has 1 fully saturated rings. The lowest BCUT2D eigenvalue weighted by Gasteiger charge is -2.22. The van der Waals surface area contributed by atoms with Gasteiger partial charge in [-0.1, -0.05) is 0 Å². The molecule has 4 amide bonds. The molecule has 0 spiro atoms. The van der Waals surface area contributed by atoms with E-state index in [4.69, 9.17) is 0 Å². The van der Waals surface area contributed by atoms with Gasteiger partial charge in [0.1, 0.15) is 0 Å². The molecular weight excluding hydrogens is 124 g/mol. The summed E-state index contributed by atoms with van der Waals surface area (Å²) in [5.74, 6) is 0. The first-order valence-corrected chi connectivity index (χ1v) is 2.30. The molecule has 50 valence electrons. The van der Waals surface area contributed by atoms with E-state index in [1.807, 2.05) is 0 Å². The molecule has 0 radical (unpaired) electrons. The van der Waals surface area contributed by atoms with Crippen LogP contribution in [0.5, 0.6) is 0 Å². The number of amides is 4. The number of carbonyl (C=O) groups excluding carboxylic acids is 2. The fourth-order valence-electron chi connectivity index (χ4n) is 0.398. The summed E-state index contributed by atoms with van der Waals surface area (Å²) < 4.78 is 0. The monoisotopic (exact) mass is 130 g/mol. The van der Waals surface area contributed by atoms with Gasteiger partial charge in [-0.2, -0.15) is 0 Å². The van der Waals surface area contributed by atoms with Gasteiger partial charge >= 0.3 is 12.1 Å². The minimum absolute atomic E-state index is 0.473. The molecule has 0 atom stereocenters. The van der Waals surface area contributed by atoms with Crippen molar-refractivity contribution in [1.82, 2.24) is 21.3 Å². The number of urea groups is 2. The average Bonchev–Trinajstić information content (AvgIpc) is 1.83. The van der Waals surface area contributed by atoms with Crippen LogP contribution in [-0.2, 0) is 0 Å². The minimum atomic E-state index is -0.473. The van der Waals surface area contributed by atoms with Gasteiger partial charge in [0.15, 0.2) is 0 Å². The zero-order valence-electron chi connectivity index (χ0n) is 4.76. The van der Waals surface area contributed by atoms with Crippen LogP contribution in [0, 0.1) is 0 Å². The van der Waals surface area contributed by atoms with E-state index in [2.05, 4.69) is 16.4 Å². The average molecular weight is 130 g/mol. The first kappa shape index (κ1) is 5.83. The number of carbonyl (C=O) groups is 2. The summed E-state index contributed by atoms with van der Waals surface area (Å²) in [6.07, 6.45) is 0. The van der Waals surface area contributed by atoms with Crippen LogP contribution in [-0.4, -0.2) is 24.0 Å². The van der Waals surface area contributed by atoms with E-state index in [-0.39, 0.29) is 0 Å². The molecule has 6 nitrogen and oxygen atoms in total. The van der Waals surface area contributed by atoms with Gasteiger partial charge in [-0.05, 0) is 0 Å². The van der Waals surface area contributed by atoms with Crippen molar-refractivity contribution in [1.29, 1.82) is 0 Å². The molecule has 0 unspecified atom stereocenters. The first-order chi connectivity index (χ1) is 4.22. The second-order valence-corrected chi connectivity index (χ2v) is 1.54. The van der Waals surface area contributed by atoms with E-state index in [0.29, 0.717) is 0 Å². The molecule has 1 aliphatic heterocycles. The van der Waals surface area contributed by atoms with Crippen molar-refractivity contribution in [2.45, 2.75) is 0 Å². The molecule has 0 aromatic heterocycles. The Morgan fingerprint density at radius 2 is 1.67 bits per heavy atom. The highest BCUT2D eigenvalue weighted by atomic mass is 16.2. The standard InChI is InChI=1S/C3H6N4O2/c1-7-2(8)4-6-5-3(7)9/h6H,1H3,(H,4,8)(H,5,9). The van der Waals surface area contributed by atoms with Gasteiger partial charge in [0, 0.05) is 7.05 Å². The van der Waals surface area contributed by atoms with Crippen molar-refractivity contribution >= 4 is 12.1 Å². The fourth-order valence-corrected chi connectivity index (χ4v) is 0.398. The molecule has 0 aromatic carbocycles. The highest BCUT2D eigenvalue weighted by Gasteiger charge is 2.19. The number of hydrogen-bond acceptors (Lipinski definition) is 3. The zero-order chi connectivity index (χ0) is 6.85. The maximum Gasteiger partial charge on any atom is 0.341 e. The Balaban J connectivity index is 2.62. The fraction of sp³-hybridized carbons (Fsp3) is 0.333. The van der Waals surface area contributed by atoms with Gasteiger partial charge in [0.05, 0.1) is 0 Å². The molecule has 1 rings (SSSR count). The molecule has 9 heavy (non-hydrogen) atoms. The maximum atomic E-state index is 10.5. The van der Waals surface area contributed by atoms with E-state index < -0.39 is 12.1 Å². The molecule has 0 aromatic rings. The summed E-state index contributed by atoms with van der Waals surface area (Å²) in [4.78, 5) is 21.9. The number of nitrogens with one attached hydrogen (secondary N) is 3. The summed E-state index contributed by atoms with van der Waals surface area (Å²) in [5.41, 5.74) is 6.51. The number of hydrogen-bond donors (Lipinski definition) is 3. The van der Waals surface area contributed by atoms with Gasteiger partial charge in [-0.15, -0.1) is 5.53 Å². The van der Waals surface area contributed by atoms with Gasteiger partial charge in [0.2, 0.25) is 0 Å². The van der Waals surface area contributed by atoms with E-state index in [1.165, 1.54) is 7.05 Å². The lowest BCUT2D eigenvalue weighted by Crippen LogP contribution is -2.63. The van der Waals surface area contributed by atoms with E-state index >= 15 is 0 Å². The molecule has 3 N–H and O–H groups in total. The molecule has 1 saturated heterocycles. The topological polar surface area (TPSA) is 73.5 Å². The summed E-state index contributed by atoms with van der Waals surface area (Å²) in [7, 11) is 1.37. The summed E-state index contributed by atoms with van der Waals surface area (Å²) >= 11 is 0. The van der Waals surface area contributed by atoms with Crippen LogP contribution in [0.25, 0.3) is 0 Å². The Hall–Kier alpha value is -1.30. The highest BCUT2D eigenvalue weighted by Crippen LogP contribution is 1.85. The van der Waals surface area contributed by atoms with Crippen LogP contribution < -0.4 is 16.4 Å². The predicted molar refractivity (Wildman–Crippen MR) is 28.0 cm³/mol. The van der Waals surface area contributed by atoms with Gasteiger partial charge < -0.3 is 0 Å². The summed E-state index contributed by atoms with van der Waals surface area (Å²) in [6, 6.07) is -0.947. The number of rotatable bonds is 0. The van der Waals surface area contributed by atoms with E-state index in [1.54, 1.807) is 0 Å². The van der Waals surface area contributed by atoms with Gasteiger partial charge in [-0.3, -0.25) is 10.9 Å². The van der Waals surface area contributed by atoms with E-state index in [9.17, 15) is 9.59 Å². The van der Waals surface area contributed by atoms with Crippen LogP contribution >= 0.6 is 0 Å². The van der Waals surface area contributed by atoms with Gasteiger partial charge in [0.25, 0.3) is 0 Å². The molecular formula is C3H6N4O2. The van der Waals surface area contributed by atoms with Crippen molar-refractivity contribution in [3.8, 4) is 0 Å². The number of imide groups is 1. The van der Waals surface area contributed by atoms with Crippen LogP contribution in [0.4, 0.5) is 9.59 Å². The largest absolute Gasteiger partial charge is 0.341 e. The second-order valence-electron chi connectivity index (χ2n) is 1.54. The smallest absolute Gasteiger partial charge is 0.255 e. The van der Waals surface area contributed by atoms with Crippen molar-refractivity contribution in [3.05, 3.63) is 0 Å².